The largest absolute Gasteiger partial charge is 0.482 e. The van der Waals surface area contributed by atoms with Crippen molar-refractivity contribution in [1.29, 1.82) is 0 Å². The van der Waals surface area contributed by atoms with Gasteiger partial charge in [-0.25, -0.2) is 4.79 Å². The zero-order valence-electron chi connectivity index (χ0n) is 14.0. The summed E-state index contributed by atoms with van der Waals surface area (Å²) >= 11 is 6.32. The van der Waals surface area contributed by atoms with Gasteiger partial charge in [-0.3, -0.25) is 4.98 Å². The van der Waals surface area contributed by atoms with Crippen LogP contribution >= 0.6 is 11.6 Å². The van der Waals surface area contributed by atoms with E-state index in [0.717, 1.165) is 22.0 Å². The Kier molecular flexibility index (Phi) is 5.19. The molecule has 0 saturated carbocycles. The number of nitrogens with zero attached hydrogens (tertiary/aromatic N) is 1. The topological polar surface area (TPSA) is 48.4 Å². The van der Waals surface area contributed by atoms with E-state index in [-0.39, 0.29) is 12.7 Å². The maximum absolute atomic E-state index is 11.6. The Morgan fingerprint density at radius 1 is 1.12 bits per heavy atom. The summed E-state index contributed by atoms with van der Waals surface area (Å²) in [6.07, 6.45) is 1.57. The highest BCUT2D eigenvalue weighted by Crippen LogP contribution is 2.33. The summed E-state index contributed by atoms with van der Waals surface area (Å²) in [6.45, 7) is 3.47. The fourth-order valence-electron chi connectivity index (χ4n) is 2.57. The average molecular weight is 356 g/mol. The smallest absolute Gasteiger partial charge is 0.344 e. The molecule has 3 aromatic rings. The number of rotatable bonds is 5. The van der Waals surface area contributed by atoms with Crippen LogP contribution in [0.15, 0.2) is 54.7 Å². The van der Waals surface area contributed by atoms with Gasteiger partial charge in [0.25, 0.3) is 0 Å². The Bertz CT molecular complexity index is 908. The minimum Gasteiger partial charge on any atom is -0.482 e. The van der Waals surface area contributed by atoms with Crippen LogP contribution in [0.25, 0.3) is 22.0 Å². The van der Waals surface area contributed by atoms with E-state index in [1.807, 2.05) is 42.5 Å². The molecule has 0 N–H and O–H groups in total. The number of hydrogen-bond acceptors (Lipinski definition) is 4. The van der Waals surface area contributed by atoms with Crippen molar-refractivity contribution < 1.29 is 14.3 Å². The molecule has 0 fully saturated rings. The van der Waals surface area contributed by atoms with Gasteiger partial charge in [-0.15, -0.1) is 0 Å². The maximum Gasteiger partial charge on any atom is 0.344 e. The number of ether oxygens (including phenoxy) is 2. The minimum absolute atomic E-state index is 0.131. The molecule has 0 aliphatic carbocycles. The van der Waals surface area contributed by atoms with Crippen LogP contribution in [0.3, 0.4) is 0 Å². The van der Waals surface area contributed by atoms with E-state index in [0.29, 0.717) is 10.8 Å². The molecule has 5 heteroatoms. The summed E-state index contributed by atoms with van der Waals surface area (Å²) in [5.74, 6) is 0.171. The molecule has 0 aliphatic heterocycles. The Morgan fingerprint density at radius 2 is 1.92 bits per heavy atom. The number of aromatic nitrogens is 1. The minimum atomic E-state index is -0.395. The number of carbonyl (C=O) groups is 1. The molecule has 0 atom stereocenters. The number of carbonyl (C=O) groups excluding carboxylic acids is 1. The maximum atomic E-state index is 11.6. The first-order chi connectivity index (χ1) is 12.0. The highest BCUT2D eigenvalue weighted by atomic mass is 35.5. The summed E-state index contributed by atoms with van der Waals surface area (Å²) in [5, 5.41) is 1.65. The van der Waals surface area contributed by atoms with Crippen LogP contribution in [0.2, 0.25) is 5.02 Å². The predicted molar refractivity (Wildman–Crippen MR) is 98.9 cm³/mol. The van der Waals surface area contributed by atoms with Crippen LogP contribution in [-0.2, 0) is 9.53 Å². The molecule has 0 unspecified atom stereocenters. The number of hydrogen-bond donors (Lipinski definition) is 0. The average Bonchev–Trinajstić information content (AvgIpc) is 2.59. The first kappa shape index (κ1) is 17.2. The van der Waals surface area contributed by atoms with Crippen LogP contribution in [-0.4, -0.2) is 23.7 Å². The third-order valence-electron chi connectivity index (χ3n) is 3.60. The van der Waals surface area contributed by atoms with Crippen LogP contribution in [0.4, 0.5) is 0 Å². The monoisotopic (exact) mass is 355 g/mol. The van der Waals surface area contributed by atoms with Crippen molar-refractivity contribution in [3.05, 3.63) is 59.8 Å². The Balaban J connectivity index is 1.88. The van der Waals surface area contributed by atoms with Crippen LogP contribution in [0.5, 0.6) is 5.75 Å². The molecule has 0 amide bonds. The van der Waals surface area contributed by atoms with Crippen molar-refractivity contribution in [3.63, 3.8) is 0 Å². The molecule has 2 aromatic carbocycles. The van der Waals surface area contributed by atoms with Crippen LogP contribution in [0, 0.1) is 0 Å². The number of pyridine rings is 1. The molecule has 1 aromatic heterocycles. The van der Waals surface area contributed by atoms with E-state index in [4.69, 9.17) is 21.1 Å². The molecule has 1 heterocycles. The molecule has 4 nitrogen and oxygen atoms in total. The second-order valence-electron chi connectivity index (χ2n) is 5.84. The quantitative estimate of drug-likeness (QED) is 0.612. The Hall–Kier alpha value is -2.59. The summed E-state index contributed by atoms with van der Waals surface area (Å²) in [6, 6.07) is 15.2. The van der Waals surface area contributed by atoms with Gasteiger partial charge < -0.3 is 9.47 Å². The van der Waals surface area contributed by atoms with E-state index < -0.39 is 5.97 Å². The van der Waals surface area contributed by atoms with Gasteiger partial charge in [0, 0.05) is 28.2 Å². The number of benzene rings is 2. The van der Waals surface area contributed by atoms with Gasteiger partial charge in [-0.2, -0.15) is 0 Å². The van der Waals surface area contributed by atoms with E-state index in [1.54, 1.807) is 26.1 Å². The summed E-state index contributed by atoms with van der Waals surface area (Å²) in [7, 11) is 0. The first-order valence-electron chi connectivity index (χ1n) is 8.00. The molecule has 0 bridgehead atoms. The lowest BCUT2D eigenvalue weighted by molar-refractivity contribution is -0.149. The SMILES string of the molecule is CC(C)OC(=O)COc1ccc2c(-c3ccccc3Cl)ccnc2c1. The standard InChI is InChI=1S/C20H18ClNO3/c1-13(2)25-20(23)12-24-14-7-8-17-15(9-10-22-19(17)11-14)16-5-3-4-6-18(16)21/h3-11,13H,12H2,1-2H3. The third-order valence-corrected chi connectivity index (χ3v) is 3.93. The number of halogens is 1. The second kappa shape index (κ2) is 7.53. The highest BCUT2D eigenvalue weighted by Gasteiger charge is 2.10. The molecule has 25 heavy (non-hydrogen) atoms. The molecule has 128 valence electrons. The normalized spacial score (nSPS) is 10.9. The first-order valence-corrected chi connectivity index (χ1v) is 8.38. The predicted octanol–water partition coefficient (Wildman–Crippen LogP) is 4.89. The van der Waals surface area contributed by atoms with E-state index in [9.17, 15) is 4.79 Å². The van der Waals surface area contributed by atoms with E-state index >= 15 is 0 Å². The van der Waals surface area contributed by atoms with Crippen molar-refractivity contribution in [2.45, 2.75) is 20.0 Å². The molecule has 3 rings (SSSR count). The van der Waals surface area contributed by atoms with E-state index in [2.05, 4.69) is 4.98 Å². The summed E-state index contributed by atoms with van der Waals surface area (Å²) in [5.41, 5.74) is 2.72. The second-order valence-corrected chi connectivity index (χ2v) is 6.25. The van der Waals surface area contributed by atoms with Crippen molar-refractivity contribution >= 4 is 28.5 Å². The molecule has 0 spiro atoms. The number of fused-ring (bicyclic) bond motifs is 1. The van der Waals surface area contributed by atoms with Crippen LogP contribution in [0.1, 0.15) is 13.8 Å². The Labute approximate surface area is 151 Å². The fraction of sp³-hybridized carbons (Fsp3) is 0.200. The van der Waals surface area contributed by atoms with Gasteiger partial charge in [0.15, 0.2) is 6.61 Å². The molecule has 0 aliphatic rings. The lowest BCUT2D eigenvalue weighted by Gasteiger charge is -2.11. The molecule has 0 saturated heterocycles. The zero-order valence-corrected chi connectivity index (χ0v) is 14.8. The zero-order chi connectivity index (χ0) is 17.8. The lowest BCUT2D eigenvalue weighted by atomic mass is 10.0. The van der Waals surface area contributed by atoms with Gasteiger partial charge in [-0.1, -0.05) is 29.8 Å². The van der Waals surface area contributed by atoms with Crippen LogP contribution < -0.4 is 4.74 Å². The Morgan fingerprint density at radius 3 is 2.68 bits per heavy atom. The third kappa shape index (κ3) is 4.09. The molecule has 0 radical (unpaired) electrons. The van der Waals surface area contributed by atoms with Gasteiger partial charge in [-0.05, 0) is 43.7 Å². The summed E-state index contributed by atoms with van der Waals surface area (Å²) < 4.78 is 10.6. The van der Waals surface area contributed by atoms with Gasteiger partial charge in [0.1, 0.15) is 5.75 Å². The van der Waals surface area contributed by atoms with Crippen molar-refractivity contribution in [2.75, 3.05) is 6.61 Å². The van der Waals surface area contributed by atoms with Crippen molar-refractivity contribution in [3.8, 4) is 16.9 Å². The van der Waals surface area contributed by atoms with E-state index in [1.165, 1.54) is 0 Å². The van der Waals surface area contributed by atoms with Crippen molar-refractivity contribution in [2.24, 2.45) is 0 Å². The number of esters is 1. The van der Waals surface area contributed by atoms with Crippen molar-refractivity contribution in [1.82, 2.24) is 4.98 Å². The van der Waals surface area contributed by atoms with Gasteiger partial charge >= 0.3 is 5.97 Å². The summed E-state index contributed by atoms with van der Waals surface area (Å²) in [4.78, 5) is 16.0. The fourth-order valence-corrected chi connectivity index (χ4v) is 2.81. The van der Waals surface area contributed by atoms with Gasteiger partial charge in [0.2, 0.25) is 0 Å². The lowest BCUT2D eigenvalue weighted by Crippen LogP contribution is -2.18. The highest BCUT2D eigenvalue weighted by molar-refractivity contribution is 6.33. The molecular formula is C20H18ClNO3. The molecular weight excluding hydrogens is 338 g/mol. The van der Waals surface area contributed by atoms with Gasteiger partial charge in [0.05, 0.1) is 11.6 Å².